The van der Waals surface area contributed by atoms with Crippen LogP contribution in [0.1, 0.15) is 33.1 Å². The van der Waals surface area contributed by atoms with Crippen molar-refractivity contribution in [3.63, 3.8) is 0 Å². The molecule has 14 heavy (non-hydrogen) atoms. The van der Waals surface area contributed by atoms with Gasteiger partial charge < -0.3 is 4.84 Å². The molecule has 1 aliphatic heterocycles. The van der Waals surface area contributed by atoms with Gasteiger partial charge in [0.05, 0.1) is 6.04 Å². The van der Waals surface area contributed by atoms with Gasteiger partial charge in [-0.05, 0) is 33.1 Å². The molecule has 2 unspecified atom stereocenters. The number of hydrogen-bond acceptors (Lipinski definition) is 3. The van der Waals surface area contributed by atoms with Crippen LogP contribution in [0, 0.1) is 0 Å². The molecule has 1 heterocycles. The molecule has 0 fully saturated rings. The summed E-state index contributed by atoms with van der Waals surface area (Å²) >= 11 is 8.26. The van der Waals surface area contributed by atoms with E-state index >= 15 is 0 Å². The molecular formula is C9H16ClIN2O. The van der Waals surface area contributed by atoms with Crippen molar-refractivity contribution < 1.29 is 4.84 Å². The van der Waals surface area contributed by atoms with Crippen LogP contribution in [0.3, 0.4) is 0 Å². The molecule has 0 aromatic rings. The number of nitrogens with one attached hydrogen (secondary N) is 1. The summed E-state index contributed by atoms with van der Waals surface area (Å²) in [6, 6.07) is 0.559. The average molecular weight is 331 g/mol. The van der Waals surface area contributed by atoms with Crippen LogP contribution >= 0.6 is 34.2 Å². The molecule has 0 spiro atoms. The standard InChI is InChI=1S/C9H16ClIN2O/c1-6-3-4-8(10)5-7(2)13-14-9(11)12-6/h6-8,13H,3-5H2,1-2H3/t6?,7-,8?/m1/s1. The van der Waals surface area contributed by atoms with Gasteiger partial charge in [0.1, 0.15) is 0 Å². The summed E-state index contributed by atoms with van der Waals surface area (Å²) in [4.78, 5) is 9.64. The molecular weight excluding hydrogens is 314 g/mol. The zero-order valence-corrected chi connectivity index (χ0v) is 11.4. The Hall–Kier alpha value is 0.450. The maximum atomic E-state index is 6.17. The van der Waals surface area contributed by atoms with E-state index in [0.29, 0.717) is 9.95 Å². The number of hydrogen-bond donors (Lipinski definition) is 1. The maximum absolute atomic E-state index is 6.17. The van der Waals surface area contributed by atoms with Crippen molar-refractivity contribution in [2.75, 3.05) is 0 Å². The van der Waals surface area contributed by atoms with E-state index in [9.17, 15) is 0 Å². The van der Waals surface area contributed by atoms with Crippen molar-refractivity contribution in [2.24, 2.45) is 4.99 Å². The molecule has 0 aromatic carbocycles. The van der Waals surface area contributed by atoms with Crippen molar-refractivity contribution in [1.82, 2.24) is 5.48 Å². The molecule has 0 saturated heterocycles. The quantitative estimate of drug-likeness (QED) is 0.547. The monoisotopic (exact) mass is 330 g/mol. The normalized spacial score (nSPS) is 35.7. The predicted octanol–water partition coefficient (Wildman–Crippen LogP) is 2.87. The molecule has 0 radical (unpaired) electrons. The van der Waals surface area contributed by atoms with E-state index in [1.807, 2.05) is 0 Å². The summed E-state index contributed by atoms with van der Waals surface area (Å²) in [5.41, 5.74) is 2.93. The summed E-state index contributed by atoms with van der Waals surface area (Å²) in [6.07, 6.45) is 2.97. The highest BCUT2D eigenvalue weighted by atomic mass is 127. The molecule has 0 aromatic heterocycles. The molecule has 0 amide bonds. The molecule has 3 atom stereocenters. The Morgan fingerprint density at radius 1 is 1.50 bits per heavy atom. The third-order valence-electron chi connectivity index (χ3n) is 2.17. The van der Waals surface area contributed by atoms with E-state index in [-0.39, 0.29) is 11.4 Å². The summed E-state index contributed by atoms with van der Waals surface area (Å²) in [6.45, 7) is 4.14. The Morgan fingerprint density at radius 2 is 2.21 bits per heavy atom. The van der Waals surface area contributed by atoms with Gasteiger partial charge in [-0.3, -0.25) is 0 Å². The summed E-state index contributed by atoms with van der Waals surface area (Å²) < 4.78 is 0.676. The van der Waals surface area contributed by atoms with Crippen LogP contribution in [0.2, 0.25) is 0 Å². The van der Waals surface area contributed by atoms with Crippen molar-refractivity contribution in [1.29, 1.82) is 0 Å². The Bertz CT molecular complexity index is 213. The number of halogens is 2. The van der Waals surface area contributed by atoms with Crippen LogP contribution in [0.25, 0.3) is 0 Å². The minimum Gasteiger partial charge on any atom is -0.382 e. The Balaban J connectivity index is 2.56. The van der Waals surface area contributed by atoms with Gasteiger partial charge in [-0.15, -0.1) is 11.6 Å². The lowest BCUT2D eigenvalue weighted by Gasteiger charge is -2.20. The van der Waals surface area contributed by atoms with Crippen LogP contribution in [0.5, 0.6) is 0 Å². The third-order valence-corrected chi connectivity index (χ3v) is 3.07. The minimum atomic E-state index is 0.217. The van der Waals surface area contributed by atoms with Crippen LogP contribution in [0.15, 0.2) is 4.99 Å². The molecule has 5 heteroatoms. The second kappa shape index (κ2) is 6.12. The van der Waals surface area contributed by atoms with Crippen LogP contribution < -0.4 is 5.48 Å². The molecule has 82 valence electrons. The molecule has 1 N–H and O–H groups in total. The van der Waals surface area contributed by atoms with E-state index in [4.69, 9.17) is 16.4 Å². The lowest BCUT2D eigenvalue weighted by molar-refractivity contribution is 0.148. The van der Waals surface area contributed by atoms with Gasteiger partial charge in [0.2, 0.25) is 0 Å². The van der Waals surface area contributed by atoms with E-state index in [0.717, 1.165) is 19.3 Å². The van der Waals surface area contributed by atoms with Crippen LogP contribution in [0.4, 0.5) is 0 Å². The first kappa shape index (κ1) is 12.5. The summed E-state index contributed by atoms with van der Waals surface area (Å²) in [5.74, 6) is 0. The zero-order chi connectivity index (χ0) is 10.6. The SMILES string of the molecule is CC1CCC(Cl)C[C@@H](C)NOC(I)=N1. The lowest BCUT2D eigenvalue weighted by atomic mass is 10.1. The molecule has 0 bridgehead atoms. The van der Waals surface area contributed by atoms with Crippen molar-refractivity contribution in [3.05, 3.63) is 0 Å². The van der Waals surface area contributed by atoms with E-state index in [1.165, 1.54) is 0 Å². The maximum Gasteiger partial charge on any atom is 0.270 e. The molecule has 0 aliphatic carbocycles. The smallest absolute Gasteiger partial charge is 0.270 e. The summed E-state index contributed by atoms with van der Waals surface area (Å²) in [7, 11) is 0. The fraction of sp³-hybridized carbons (Fsp3) is 0.889. The molecule has 1 rings (SSSR count). The van der Waals surface area contributed by atoms with Gasteiger partial charge in [-0.2, -0.15) is 5.48 Å². The number of nitrogens with zero attached hydrogens (tertiary/aromatic N) is 1. The Morgan fingerprint density at radius 3 is 2.93 bits per heavy atom. The Labute approximate surface area is 104 Å². The van der Waals surface area contributed by atoms with E-state index < -0.39 is 0 Å². The number of rotatable bonds is 0. The average Bonchev–Trinajstić information content (AvgIpc) is 2.11. The van der Waals surface area contributed by atoms with E-state index in [1.54, 1.807) is 0 Å². The van der Waals surface area contributed by atoms with Gasteiger partial charge in [0.15, 0.2) is 0 Å². The zero-order valence-electron chi connectivity index (χ0n) is 8.46. The lowest BCUT2D eigenvalue weighted by Crippen LogP contribution is -2.31. The van der Waals surface area contributed by atoms with Crippen LogP contribution in [-0.2, 0) is 4.84 Å². The third kappa shape index (κ3) is 4.79. The molecule has 1 aliphatic rings. The van der Waals surface area contributed by atoms with Crippen LogP contribution in [-0.4, -0.2) is 21.4 Å². The minimum absolute atomic E-state index is 0.217. The van der Waals surface area contributed by atoms with Gasteiger partial charge in [0, 0.05) is 34.0 Å². The van der Waals surface area contributed by atoms with Gasteiger partial charge >= 0.3 is 0 Å². The second-order valence-corrected chi connectivity index (χ2v) is 5.30. The fourth-order valence-corrected chi connectivity index (χ4v) is 2.38. The second-order valence-electron chi connectivity index (χ2n) is 3.76. The predicted molar refractivity (Wildman–Crippen MR) is 68.1 cm³/mol. The Kier molecular flexibility index (Phi) is 5.48. The number of alkyl halides is 1. The highest BCUT2D eigenvalue weighted by Crippen LogP contribution is 2.17. The largest absolute Gasteiger partial charge is 0.382 e. The molecule has 0 saturated carbocycles. The van der Waals surface area contributed by atoms with Gasteiger partial charge in [-0.25, -0.2) is 4.99 Å². The highest BCUT2D eigenvalue weighted by Gasteiger charge is 2.15. The van der Waals surface area contributed by atoms with E-state index in [2.05, 4.69) is 46.9 Å². The van der Waals surface area contributed by atoms with Crippen molar-refractivity contribution >= 4 is 38.1 Å². The topological polar surface area (TPSA) is 33.6 Å². The number of aliphatic imine (C=N–C) groups is 1. The van der Waals surface area contributed by atoms with Crippen molar-refractivity contribution in [2.45, 2.75) is 50.6 Å². The first-order valence-corrected chi connectivity index (χ1v) is 6.39. The van der Waals surface area contributed by atoms with Crippen molar-refractivity contribution in [3.8, 4) is 0 Å². The molecule has 3 nitrogen and oxygen atoms in total. The fourth-order valence-electron chi connectivity index (χ4n) is 1.39. The highest BCUT2D eigenvalue weighted by molar-refractivity contribution is 14.1. The number of hydroxylamine groups is 1. The first-order chi connectivity index (χ1) is 6.58. The van der Waals surface area contributed by atoms with Gasteiger partial charge in [0.25, 0.3) is 3.90 Å². The van der Waals surface area contributed by atoms with Gasteiger partial charge in [-0.1, -0.05) is 0 Å². The summed E-state index contributed by atoms with van der Waals surface area (Å²) in [5, 5.41) is 0.217. The first-order valence-electron chi connectivity index (χ1n) is 4.87.